The van der Waals surface area contributed by atoms with Gasteiger partial charge < -0.3 is 15.4 Å². The first-order valence-electron chi connectivity index (χ1n) is 8.28. The maximum Gasteiger partial charge on any atom is 0.271 e. The third kappa shape index (κ3) is 5.72. The molecule has 0 radical (unpaired) electrons. The molecular weight excluding hydrogens is 320 g/mol. The summed E-state index contributed by atoms with van der Waals surface area (Å²) in [6.45, 7) is 6.94. The fourth-order valence-electron chi connectivity index (χ4n) is 2.13. The van der Waals surface area contributed by atoms with Crippen molar-refractivity contribution < 1.29 is 14.3 Å². The van der Waals surface area contributed by atoms with Crippen LogP contribution in [0.4, 0.5) is 5.69 Å². The van der Waals surface area contributed by atoms with Crippen LogP contribution in [-0.2, 0) is 4.74 Å². The van der Waals surface area contributed by atoms with Gasteiger partial charge in [-0.2, -0.15) is 5.10 Å². The lowest BCUT2D eigenvalue weighted by atomic mass is 10.1. The van der Waals surface area contributed by atoms with Crippen LogP contribution in [0.3, 0.4) is 0 Å². The molecule has 0 fully saturated rings. The highest BCUT2D eigenvalue weighted by Gasteiger charge is 2.16. The Balaban J connectivity index is 1.89. The van der Waals surface area contributed by atoms with Crippen molar-refractivity contribution in [3.63, 3.8) is 0 Å². The zero-order valence-electron chi connectivity index (χ0n) is 14.8. The van der Waals surface area contributed by atoms with Crippen molar-refractivity contribution in [2.75, 3.05) is 18.5 Å². The summed E-state index contributed by atoms with van der Waals surface area (Å²) in [5.74, 6) is -0.609. The second-order valence-electron chi connectivity index (χ2n) is 6.01. The molecule has 134 valence electrons. The van der Waals surface area contributed by atoms with Crippen LogP contribution >= 0.6 is 0 Å². The van der Waals surface area contributed by atoms with Crippen molar-refractivity contribution >= 4 is 17.5 Å². The lowest BCUT2D eigenvalue weighted by Crippen LogP contribution is -2.27. The Morgan fingerprint density at radius 1 is 1.20 bits per heavy atom. The van der Waals surface area contributed by atoms with Gasteiger partial charge in [-0.25, -0.2) is 0 Å². The first-order valence-corrected chi connectivity index (χ1v) is 8.28. The topological polar surface area (TPSA) is 96.1 Å². The van der Waals surface area contributed by atoms with Crippen LogP contribution in [0.1, 0.15) is 46.7 Å². The molecule has 3 N–H and O–H groups in total. The number of rotatable bonds is 8. The molecule has 7 heteroatoms. The van der Waals surface area contributed by atoms with Gasteiger partial charge in [0.2, 0.25) is 0 Å². The van der Waals surface area contributed by atoms with Crippen LogP contribution in [0.15, 0.2) is 30.5 Å². The molecule has 1 aromatic heterocycles. The quantitative estimate of drug-likeness (QED) is 0.641. The van der Waals surface area contributed by atoms with E-state index < -0.39 is 0 Å². The van der Waals surface area contributed by atoms with E-state index in [-0.39, 0.29) is 23.6 Å². The summed E-state index contributed by atoms with van der Waals surface area (Å²) in [5, 5.41) is 12.0. The Bertz CT molecular complexity index is 707. The van der Waals surface area contributed by atoms with E-state index in [0.717, 1.165) is 5.56 Å². The molecule has 1 heterocycles. The number of carbonyl (C=O) groups is 2. The van der Waals surface area contributed by atoms with Gasteiger partial charge in [-0.05, 0) is 39.3 Å². The molecule has 2 aromatic rings. The van der Waals surface area contributed by atoms with Crippen molar-refractivity contribution in [2.45, 2.75) is 33.3 Å². The van der Waals surface area contributed by atoms with Gasteiger partial charge in [0.25, 0.3) is 11.8 Å². The molecule has 0 bridgehead atoms. The number of nitrogens with zero attached hydrogens (tertiary/aromatic N) is 1. The fraction of sp³-hybridized carbons (Fsp3) is 0.389. The molecule has 7 nitrogen and oxygen atoms in total. The number of nitrogens with one attached hydrogen (secondary N) is 3. The van der Waals surface area contributed by atoms with Gasteiger partial charge in [0.05, 0.1) is 18.0 Å². The van der Waals surface area contributed by atoms with Crippen LogP contribution in [0, 0.1) is 6.92 Å². The predicted octanol–water partition coefficient (Wildman–Crippen LogP) is 2.52. The number of ether oxygens (including phenoxy) is 1. The molecule has 0 unspecified atom stereocenters. The third-order valence-corrected chi connectivity index (χ3v) is 3.49. The number of anilines is 1. The van der Waals surface area contributed by atoms with Gasteiger partial charge in [-0.15, -0.1) is 0 Å². The lowest BCUT2D eigenvalue weighted by Gasteiger charge is -2.09. The summed E-state index contributed by atoms with van der Waals surface area (Å²) in [6.07, 6.45) is 2.30. The van der Waals surface area contributed by atoms with E-state index in [0.29, 0.717) is 30.8 Å². The van der Waals surface area contributed by atoms with Gasteiger partial charge >= 0.3 is 0 Å². The van der Waals surface area contributed by atoms with Gasteiger partial charge in [-0.1, -0.05) is 17.7 Å². The highest BCUT2D eigenvalue weighted by molar-refractivity contribution is 6.08. The monoisotopic (exact) mass is 344 g/mol. The van der Waals surface area contributed by atoms with Gasteiger partial charge in [0.15, 0.2) is 0 Å². The number of hydrogen-bond donors (Lipinski definition) is 3. The largest absolute Gasteiger partial charge is 0.379 e. The molecule has 0 saturated heterocycles. The van der Waals surface area contributed by atoms with Gasteiger partial charge in [0, 0.05) is 18.7 Å². The highest BCUT2D eigenvalue weighted by atomic mass is 16.5. The summed E-state index contributed by atoms with van der Waals surface area (Å²) < 4.78 is 5.42. The van der Waals surface area contributed by atoms with Crippen LogP contribution in [0.2, 0.25) is 0 Å². The number of aromatic nitrogens is 2. The minimum absolute atomic E-state index is 0.173. The van der Waals surface area contributed by atoms with E-state index in [1.807, 2.05) is 32.9 Å². The molecule has 0 saturated carbocycles. The van der Waals surface area contributed by atoms with Crippen molar-refractivity contribution in [2.24, 2.45) is 0 Å². The molecule has 2 amide bonds. The average Bonchev–Trinajstić information content (AvgIpc) is 3.02. The van der Waals surface area contributed by atoms with Crippen molar-refractivity contribution in [3.05, 3.63) is 47.3 Å². The van der Waals surface area contributed by atoms with Crippen molar-refractivity contribution in [1.29, 1.82) is 0 Å². The van der Waals surface area contributed by atoms with Crippen LogP contribution < -0.4 is 10.6 Å². The summed E-state index contributed by atoms with van der Waals surface area (Å²) in [7, 11) is 0. The number of aromatic amines is 1. The molecular formula is C18H24N4O3. The second-order valence-corrected chi connectivity index (χ2v) is 6.01. The second kappa shape index (κ2) is 8.98. The maximum absolute atomic E-state index is 12.3. The summed E-state index contributed by atoms with van der Waals surface area (Å²) in [4.78, 5) is 24.5. The zero-order valence-corrected chi connectivity index (χ0v) is 14.8. The van der Waals surface area contributed by atoms with E-state index in [1.54, 1.807) is 12.1 Å². The highest BCUT2D eigenvalue weighted by Crippen LogP contribution is 2.13. The standard InChI is InChI=1S/C18H24N4O3/c1-12(2)25-10-4-9-19-18(24)16-15(11-20-22-16)21-17(23)14-7-5-13(3)6-8-14/h5-8,11-12H,4,9-10H2,1-3H3,(H,19,24)(H,20,22)(H,21,23). The van der Waals surface area contributed by atoms with Gasteiger partial charge in [0.1, 0.15) is 5.69 Å². The van der Waals surface area contributed by atoms with Crippen molar-refractivity contribution in [3.8, 4) is 0 Å². The fourth-order valence-corrected chi connectivity index (χ4v) is 2.13. The number of amides is 2. The third-order valence-electron chi connectivity index (χ3n) is 3.49. The number of hydrogen-bond acceptors (Lipinski definition) is 4. The van der Waals surface area contributed by atoms with Crippen molar-refractivity contribution in [1.82, 2.24) is 15.5 Å². The van der Waals surface area contributed by atoms with Crippen LogP contribution in [0.5, 0.6) is 0 Å². The van der Waals surface area contributed by atoms with Crippen LogP contribution in [0.25, 0.3) is 0 Å². The molecule has 0 aliphatic carbocycles. The Kier molecular flexibility index (Phi) is 6.71. The summed E-state index contributed by atoms with van der Waals surface area (Å²) >= 11 is 0. The maximum atomic E-state index is 12.3. The molecule has 0 spiro atoms. The smallest absolute Gasteiger partial charge is 0.271 e. The minimum Gasteiger partial charge on any atom is -0.379 e. The number of carbonyl (C=O) groups excluding carboxylic acids is 2. The van der Waals surface area contributed by atoms with E-state index in [2.05, 4.69) is 20.8 Å². The van der Waals surface area contributed by atoms with Crippen LogP contribution in [-0.4, -0.2) is 41.3 Å². The van der Waals surface area contributed by atoms with E-state index in [4.69, 9.17) is 4.74 Å². The zero-order chi connectivity index (χ0) is 18.2. The normalized spacial score (nSPS) is 10.7. The van der Waals surface area contributed by atoms with E-state index in [1.165, 1.54) is 6.20 Å². The van der Waals surface area contributed by atoms with Gasteiger partial charge in [-0.3, -0.25) is 14.7 Å². The first-order chi connectivity index (χ1) is 12.0. The van der Waals surface area contributed by atoms with E-state index in [9.17, 15) is 9.59 Å². The summed E-state index contributed by atoms with van der Waals surface area (Å²) in [6, 6.07) is 7.19. The predicted molar refractivity (Wildman–Crippen MR) is 95.8 cm³/mol. The molecule has 2 rings (SSSR count). The molecule has 1 aromatic carbocycles. The lowest BCUT2D eigenvalue weighted by molar-refractivity contribution is 0.0756. The molecule has 0 aliphatic heterocycles. The Hall–Kier alpha value is -2.67. The summed E-state index contributed by atoms with van der Waals surface area (Å²) in [5.41, 5.74) is 2.16. The Morgan fingerprint density at radius 3 is 2.60 bits per heavy atom. The average molecular weight is 344 g/mol. The number of aryl methyl sites for hydroxylation is 1. The Labute approximate surface area is 147 Å². The molecule has 0 aliphatic rings. The molecule has 0 atom stereocenters. The first kappa shape index (κ1) is 18.7. The van der Waals surface area contributed by atoms with E-state index >= 15 is 0 Å². The Morgan fingerprint density at radius 2 is 1.92 bits per heavy atom. The number of benzene rings is 1. The number of H-pyrrole nitrogens is 1. The minimum atomic E-state index is -0.318. The molecule has 25 heavy (non-hydrogen) atoms. The SMILES string of the molecule is Cc1ccc(C(=O)Nc2cn[nH]c2C(=O)NCCCOC(C)C)cc1.